The number of amides is 1. The van der Waals surface area contributed by atoms with Gasteiger partial charge in [0.05, 0.1) is 11.1 Å². The molecular formula is C16H16N4O. The molecule has 2 aromatic rings. The number of nitrogens with zero attached hydrogens (tertiary/aromatic N) is 3. The molecule has 2 aliphatic rings. The Hall–Kier alpha value is -2.32. The fraction of sp³-hybridized carbons (Fsp3) is 0.375. The fourth-order valence-electron chi connectivity index (χ4n) is 3.53. The molecule has 2 bridgehead atoms. The van der Waals surface area contributed by atoms with Crippen LogP contribution in [0, 0.1) is 17.2 Å². The van der Waals surface area contributed by atoms with Crippen molar-refractivity contribution in [3.8, 4) is 6.07 Å². The number of nitriles is 1. The van der Waals surface area contributed by atoms with Crippen LogP contribution in [0.3, 0.4) is 0 Å². The van der Waals surface area contributed by atoms with Gasteiger partial charge in [-0.05, 0) is 37.1 Å². The summed E-state index contributed by atoms with van der Waals surface area (Å²) in [5, 5.41) is 12.2. The smallest absolute Gasteiger partial charge is 0.251 e. The topological polar surface area (TPSA) is 60.5 Å². The van der Waals surface area contributed by atoms with Crippen molar-refractivity contribution in [3.63, 3.8) is 0 Å². The molecule has 3 unspecified atom stereocenters. The molecule has 1 amide bonds. The molecule has 0 radical (unpaired) electrons. The zero-order chi connectivity index (χ0) is 14.4. The second-order valence-electron chi connectivity index (χ2n) is 5.94. The van der Waals surface area contributed by atoms with Crippen LogP contribution in [0.25, 0.3) is 5.52 Å². The van der Waals surface area contributed by atoms with Gasteiger partial charge in [-0.2, -0.15) is 5.26 Å². The van der Waals surface area contributed by atoms with Crippen molar-refractivity contribution in [1.82, 2.24) is 14.6 Å². The van der Waals surface area contributed by atoms with E-state index in [9.17, 15) is 4.79 Å². The molecule has 5 nitrogen and oxygen atoms in total. The van der Waals surface area contributed by atoms with Gasteiger partial charge in [0, 0.05) is 37.1 Å². The maximum atomic E-state index is 12.4. The van der Waals surface area contributed by atoms with E-state index in [-0.39, 0.29) is 11.9 Å². The van der Waals surface area contributed by atoms with Crippen LogP contribution >= 0.6 is 0 Å². The summed E-state index contributed by atoms with van der Waals surface area (Å²) in [7, 11) is 0. The molecule has 4 heterocycles. The highest BCUT2D eigenvalue weighted by Crippen LogP contribution is 2.28. The highest BCUT2D eigenvalue weighted by Gasteiger charge is 2.38. The molecule has 1 N–H and O–H groups in total. The van der Waals surface area contributed by atoms with Crippen molar-refractivity contribution < 1.29 is 4.79 Å². The first-order valence-corrected chi connectivity index (χ1v) is 7.28. The quantitative estimate of drug-likeness (QED) is 0.900. The van der Waals surface area contributed by atoms with E-state index >= 15 is 0 Å². The molecule has 21 heavy (non-hydrogen) atoms. The van der Waals surface area contributed by atoms with Gasteiger partial charge in [-0.3, -0.25) is 4.79 Å². The highest BCUT2D eigenvalue weighted by molar-refractivity contribution is 5.95. The summed E-state index contributed by atoms with van der Waals surface area (Å²) >= 11 is 0. The van der Waals surface area contributed by atoms with Crippen LogP contribution in [0.4, 0.5) is 0 Å². The van der Waals surface area contributed by atoms with E-state index in [1.165, 1.54) is 13.0 Å². The molecule has 0 saturated carbocycles. The number of hydrogen-bond donors (Lipinski definition) is 1. The van der Waals surface area contributed by atoms with Crippen molar-refractivity contribution in [2.75, 3.05) is 19.6 Å². The summed E-state index contributed by atoms with van der Waals surface area (Å²) in [4.78, 5) is 14.8. The lowest BCUT2D eigenvalue weighted by molar-refractivity contribution is 0.0924. The molecular weight excluding hydrogens is 264 g/mol. The second-order valence-corrected chi connectivity index (χ2v) is 5.94. The third-order valence-corrected chi connectivity index (χ3v) is 4.69. The number of rotatable bonds is 2. The van der Waals surface area contributed by atoms with E-state index in [4.69, 9.17) is 5.26 Å². The molecule has 2 aliphatic heterocycles. The van der Waals surface area contributed by atoms with E-state index in [0.29, 0.717) is 17.0 Å². The van der Waals surface area contributed by atoms with Crippen LogP contribution in [0.2, 0.25) is 0 Å². The first kappa shape index (κ1) is 12.4. The lowest BCUT2D eigenvalue weighted by Crippen LogP contribution is -2.43. The predicted octanol–water partition coefficient (Wildman–Crippen LogP) is 1.24. The van der Waals surface area contributed by atoms with Gasteiger partial charge in [-0.25, -0.2) is 0 Å². The number of fused-ring (bicyclic) bond motifs is 3. The molecule has 3 atom stereocenters. The van der Waals surface area contributed by atoms with E-state index in [0.717, 1.165) is 18.6 Å². The van der Waals surface area contributed by atoms with Crippen LogP contribution in [-0.2, 0) is 0 Å². The van der Waals surface area contributed by atoms with Gasteiger partial charge in [-0.1, -0.05) is 0 Å². The summed E-state index contributed by atoms with van der Waals surface area (Å²) in [6.45, 7) is 3.24. The number of carbonyl (C=O) groups excluding carboxylic acids is 1. The number of hydrogen-bond acceptors (Lipinski definition) is 3. The Morgan fingerprint density at radius 3 is 2.90 bits per heavy atom. The minimum Gasteiger partial charge on any atom is -0.348 e. The zero-order valence-corrected chi connectivity index (χ0v) is 11.6. The average molecular weight is 280 g/mol. The van der Waals surface area contributed by atoms with Crippen LogP contribution in [0.1, 0.15) is 22.3 Å². The van der Waals surface area contributed by atoms with Crippen LogP contribution in [-0.4, -0.2) is 40.9 Å². The minimum absolute atomic E-state index is 0.0404. The van der Waals surface area contributed by atoms with E-state index < -0.39 is 0 Å². The maximum Gasteiger partial charge on any atom is 0.251 e. The van der Waals surface area contributed by atoms with Gasteiger partial charge in [0.2, 0.25) is 0 Å². The second kappa shape index (κ2) is 4.61. The standard InChI is InChI=1S/C16H16N4O/c17-8-12-3-6-20-5-2-11(7-15(12)20)16(21)18-14-10-19-4-1-13(14)9-19/h2-3,5-7,13-14H,1,4,9-10H2,(H,18,21). The van der Waals surface area contributed by atoms with Crippen molar-refractivity contribution in [2.45, 2.75) is 12.5 Å². The Morgan fingerprint density at radius 1 is 1.33 bits per heavy atom. The van der Waals surface area contributed by atoms with Gasteiger partial charge in [-0.15, -0.1) is 0 Å². The third-order valence-electron chi connectivity index (χ3n) is 4.69. The van der Waals surface area contributed by atoms with Gasteiger partial charge < -0.3 is 14.6 Å². The number of aromatic nitrogens is 1. The van der Waals surface area contributed by atoms with Gasteiger partial charge in [0.1, 0.15) is 6.07 Å². The van der Waals surface area contributed by atoms with E-state index in [1.807, 2.05) is 16.8 Å². The molecule has 2 fully saturated rings. The first-order chi connectivity index (χ1) is 10.2. The third kappa shape index (κ3) is 1.99. The summed E-state index contributed by atoms with van der Waals surface area (Å²) in [5.41, 5.74) is 1.99. The Bertz CT molecular complexity index is 757. The summed E-state index contributed by atoms with van der Waals surface area (Å²) in [6, 6.07) is 7.78. The Labute approximate surface area is 122 Å². The predicted molar refractivity (Wildman–Crippen MR) is 77.9 cm³/mol. The van der Waals surface area contributed by atoms with Gasteiger partial charge >= 0.3 is 0 Å². The Morgan fingerprint density at radius 2 is 2.19 bits per heavy atom. The van der Waals surface area contributed by atoms with Crippen molar-refractivity contribution in [3.05, 3.63) is 41.7 Å². The molecule has 0 aliphatic carbocycles. The number of nitrogens with one attached hydrogen (secondary N) is 1. The van der Waals surface area contributed by atoms with Crippen molar-refractivity contribution in [2.24, 2.45) is 5.92 Å². The first-order valence-electron chi connectivity index (χ1n) is 7.28. The molecule has 5 heteroatoms. The monoisotopic (exact) mass is 280 g/mol. The molecule has 2 aromatic heterocycles. The maximum absolute atomic E-state index is 12.4. The molecule has 106 valence electrons. The minimum atomic E-state index is -0.0404. The van der Waals surface area contributed by atoms with E-state index in [2.05, 4.69) is 16.3 Å². The van der Waals surface area contributed by atoms with Gasteiger partial charge in [0.25, 0.3) is 5.91 Å². The summed E-state index contributed by atoms with van der Waals surface area (Å²) in [5.74, 6) is 0.557. The largest absolute Gasteiger partial charge is 0.348 e. The molecule has 0 aromatic carbocycles. The summed E-state index contributed by atoms with van der Waals surface area (Å²) < 4.78 is 1.86. The van der Waals surface area contributed by atoms with Crippen LogP contribution < -0.4 is 5.32 Å². The van der Waals surface area contributed by atoms with Gasteiger partial charge in [0.15, 0.2) is 0 Å². The number of piperidine rings is 1. The van der Waals surface area contributed by atoms with Crippen LogP contribution in [0.15, 0.2) is 30.6 Å². The van der Waals surface area contributed by atoms with Crippen molar-refractivity contribution >= 4 is 11.4 Å². The summed E-state index contributed by atoms with van der Waals surface area (Å²) in [6.07, 6.45) is 4.84. The molecule has 4 rings (SSSR count). The number of pyridine rings is 1. The normalized spacial score (nSPS) is 26.9. The zero-order valence-electron chi connectivity index (χ0n) is 11.6. The lowest BCUT2D eigenvalue weighted by atomic mass is 9.99. The highest BCUT2D eigenvalue weighted by atomic mass is 16.1. The molecule has 2 saturated heterocycles. The average Bonchev–Trinajstić information content (AvgIpc) is 3.21. The van der Waals surface area contributed by atoms with Crippen molar-refractivity contribution in [1.29, 1.82) is 5.26 Å². The van der Waals surface area contributed by atoms with Crippen LogP contribution in [0.5, 0.6) is 0 Å². The number of carbonyl (C=O) groups is 1. The Balaban J connectivity index is 1.58. The Kier molecular flexibility index (Phi) is 2.72. The lowest BCUT2D eigenvalue weighted by Gasteiger charge is -2.23. The fourth-order valence-corrected chi connectivity index (χ4v) is 3.53. The SMILES string of the molecule is N#Cc1ccn2ccc(C(=O)NC3CN4CCC3C4)cc12. The van der Waals surface area contributed by atoms with E-state index in [1.54, 1.807) is 18.2 Å². The molecule has 0 spiro atoms.